The number of amides is 1. The Hall–Kier alpha value is -2.00. The lowest BCUT2D eigenvalue weighted by Crippen LogP contribution is -2.40. The molecule has 0 spiro atoms. The lowest BCUT2D eigenvalue weighted by molar-refractivity contribution is 0.0956. The molecule has 0 bridgehead atoms. The molecule has 0 radical (unpaired) electrons. The molecule has 0 aliphatic rings. The number of guanidine groups is 1. The van der Waals surface area contributed by atoms with Crippen LogP contribution in [0.3, 0.4) is 0 Å². The summed E-state index contributed by atoms with van der Waals surface area (Å²) in [6.45, 7) is 4.34. The van der Waals surface area contributed by atoms with Crippen molar-refractivity contribution in [2.24, 2.45) is 4.99 Å². The molecule has 0 saturated carbocycles. The molecule has 2 aromatic rings. The van der Waals surface area contributed by atoms with Crippen molar-refractivity contribution in [2.45, 2.75) is 13.5 Å². The first kappa shape index (κ1) is 25.0. The molecule has 0 aromatic heterocycles. The van der Waals surface area contributed by atoms with E-state index in [0.717, 1.165) is 17.3 Å². The minimum atomic E-state index is -0.0572. The van der Waals surface area contributed by atoms with Gasteiger partial charge in [-0.3, -0.25) is 9.79 Å². The summed E-state index contributed by atoms with van der Waals surface area (Å²) in [5, 5.41) is 6.80. The second kappa shape index (κ2) is 13.3. The summed E-state index contributed by atoms with van der Waals surface area (Å²) in [6.07, 6.45) is 0. The van der Waals surface area contributed by atoms with Crippen LogP contribution in [0.1, 0.15) is 22.8 Å². The van der Waals surface area contributed by atoms with E-state index in [1.165, 1.54) is 0 Å². The number of ether oxygens (including phenoxy) is 1. The number of hydrogen-bond acceptors (Lipinski definition) is 3. The maximum Gasteiger partial charge on any atom is 0.251 e. The predicted octanol–water partition coefficient (Wildman–Crippen LogP) is 3.79. The van der Waals surface area contributed by atoms with Gasteiger partial charge in [-0.15, -0.1) is 24.0 Å². The number of benzene rings is 2. The third kappa shape index (κ3) is 8.49. The van der Waals surface area contributed by atoms with Crippen LogP contribution >= 0.6 is 35.6 Å². The van der Waals surface area contributed by atoms with Crippen LogP contribution in [0, 0.1) is 0 Å². The summed E-state index contributed by atoms with van der Waals surface area (Å²) in [5.74, 6) is 1.50. The topological polar surface area (TPSA) is 66.0 Å². The Bertz CT molecular complexity index is 782. The Morgan fingerprint density at radius 2 is 1.76 bits per heavy atom. The van der Waals surface area contributed by atoms with E-state index in [2.05, 4.69) is 15.6 Å². The van der Waals surface area contributed by atoms with E-state index in [1.54, 1.807) is 19.2 Å². The van der Waals surface area contributed by atoms with Crippen molar-refractivity contribution < 1.29 is 9.53 Å². The van der Waals surface area contributed by atoms with Gasteiger partial charge in [-0.1, -0.05) is 23.7 Å². The normalized spacial score (nSPS) is 10.7. The van der Waals surface area contributed by atoms with Crippen molar-refractivity contribution in [3.05, 3.63) is 64.7 Å². The Morgan fingerprint density at radius 3 is 2.34 bits per heavy atom. The Balaban J connectivity index is 0.00000420. The average molecular weight is 531 g/mol. The second-order valence-electron chi connectivity index (χ2n) is 6.18. The van der Waals surface area contributed by atoms with Gasteiger partial charge in [0, 0.05) is 37.8 Å². The van der Waals surface area contributed by atoms with Crippen LogP contribution in [0.4, 0.5) is 0 Å². The van der Waals surface area contributed by atoms with E-state index in [1.807, 2.05) is 55.3 Å². The quantitative estimate of drug-likeness (QED) is 0.310. The van der Waals surface area contributed by atoms with Crippen molar-refractivity contribution in [3.63, 3.8) is 0 Å². The van der Waals surface area contributed by atoms with Crippen molar-refractivity contribution in [2.75, 3.05) is 33.8 Å². The van der Waals surface area contributed by atoms with E-state index < -0.39 is 0 Å². The molecule has 2 rings (SSSR count). The highest BCUT2D eigenvalue weighted by atomic mass is 127. The lowest BCUT2D eigenvalue weighted by atomic mass is 10.1. The number of rotatable bonds is 8. The third-order valence-corrected chi connectivity index (χ3v) is 4.34. The molecular formula is C21H28ClIN4O2. The molecule has 6 nitrogen and oxygen atoms in total. The predicted molar refractivity (Wildman–Crippen MR) is 130 cm³/mol. The molecule has 2 N–H and O–H groups in total. The molecule has 0 aliphatic heterocycles. The highest BCUT2D eigenvalue weighted by Gasteiger charge is 2.07. The van der Waals surface area contributed by atoms with E-state index in [0.29, 0.717) is 36.8 Å². The second-order valence-corrected chi connectivity index (χ2v) is 6.62. The number of hydrogen-bond donors (Lipinski definition) is 2. The Morgan fingerprint density at radius 1 is 1.10 bits per heavy atom. The minimum Gasteiger partial charge on any atom is -0.492 e. The molecule has 158 valence electrons. The summed E-state index contributed by atoms with van der Waals surface area (Å²) >= 11 is 5.87. The Kier molecular flexibility index (Phi) is 11.5. The maximum absolute atomic E-state index is 11.8. The van der Waals surface area contributed by atoms with Crippen LogP contribution in [0.15, 0.2) is 53.5 Å². The third-order valence-electron chi connectivity index (χ3n) is 4.09. The molecule has 1 amide bonds. The van der Waals surface area contributed by atoms with Gasteiger partial charge in [0.25, 0.3) is 5.91 Å². The lowest BCUT2D eigenvalue weighted by Gasteiger charge is -2.22. The zero-order valence-electron chi connectivity index (χ0n) is 16.9. The summed E-state index contributed by atoms with van der Waals surface area (Å²) in [6, 6.07) is 14.8. The standard InChI is InChI=1S/C21H27ClN4O2.HI/c1-4-24-20(27)17-7-5-16(6-8-17)15-25-21(23-2)26(3)13-14-28-19-11-9-18(22)10-12-19;/h5-12H,4,13-15H2,1-3H3,(H,23,25)(H,24,27);1H. The zero-order valence-corrected chi connectivity index (χ0v) is 20.0. The first-order chi connectivity index (χ1) is 13.5. The van der Waals surface area contributed by atoms with Crippen LogP contribution in [-0.2, 0) is 6.54 Å². The van der Waals surface area contributed by atoms with Crippen LogP contribution in [0.25, 0.3) is 0 Å². The SMILES string of the molecule is CCNC(=O)c1ccc(CNC(=NC)N(C)CCOc2ccc(Cl)cc2)cc1.I. The van der Waals surface area contributed by atoms with Crippen LogP contribution in [0.5, 0.6) is 5.75 Å². The van der Waals surface area contributed by atoms with E-state index in [-0.39, 0.29) is 29.9 Å². The molecule has 0 aliphatic carbocycles. The van der Waals surface area contributed by atoms with Gasteiger partial charge in [0.15, 0.2) is 5.96 Å². The number of halogens is 2. The maximum atomic E-state index is 11.8. The fourth-order valence-corrected chi connectivity index (χ4v) is 2.67. The highest BCUT2D eigenvalue weighted by Crippen LogP contribution is 2.15. The van der Waals surface area contributed by atoms with E-state index in [9.17, 15) is 4.79 Å². The van der Waals surface area contributed by atoms with Gasteiger partial charge in [0.1, 0.15) is 12.4 Å². The fourth-order valence-electron chi connectivity index (χ4n) is 2.54. The fraction of sp³-hybridized carbons (Fsp3) is 0.333. The molecule has 2 aromatic carbocycles. The number of nitrogens with zero attached hydrogens (tertiary/aromatic N) is 2. The smallest absolute Gasteiger partial charge is 0.251 e. The van der Waals surface area contributed by atoms with Gasteiger partial charge in [0.2, 0.25) is 0 Å². The monoisotopic (exact) mass is 530 g/mol. The molecule has 0 saturated heterocycles. The van der Waals surface area contributed by atoms with Crippen LogP contribution < -0.4 is 15.4 Å². The summed E-state index contributed by atoms with van der Waals surface area (Å²) < 4.78 is 5.72. The Labute approximate surface area is 194 Å². The molecular weight excluding hydrogens is 503 g/mol. The van der Waals surface area contributed by atoms with E-state index in [4.69, 9.17) is 16.3 Å². The molecule has 0 fully saturated rings. The van der Waals surface area contributed by atoms with Crippen molar-refractivity contribution in [1.29, 1.82) is 0 Å². The number of nitrogens with one attached hydrogen (secondary N) is 2. The number of carbonyl (C=O) groups excluding carboxylic acids is 1. The van der Waals surface area contributed by atoms with Gasteiger partial charge in [-0.05, 0) is 48.9 Å². The highest BCUT2D eigenvalue weighted by molar-refractivity contribution is 14.0. The van der Waals surface area contributed by atoms with E-state index >= 15 is 0 Å². The first-order valence-corrected chi connectivity index (χ1v) is 9.58. The van der Waals surface area contributed by atoms with Crippen molar-refractivity contribution in [1.82, 2.24) is 15.5 Å². The average Bonchev–Trinajstić information content (AvgIpc) is 2.70. The van der Waals surface area contributed by atoms with Crippen LogP contribution in [-0.4, -0.2) is 50.6 Å². The molecule has 0 atom stereocenters. The molecule has 0 unspecified atom stereocenters. The largest absolute Gasteiger partial charge is 0.492 e. The summed E-state index contributed by atoms with van der Waals surface area (Å²) in [7, 11) is 3.70. The molecule has 8 heteroatoms. The summed E-state index contributed by atoms with van der Waals surface area (Å²) in [4.78, 5) is 18.1. The summed E-state index contributed by atoms with van der Waals surface area (Å²) in [5.41, 5.74) is 1.73. The van der Waals surface area contributed by atoms with Gasteiger partial charge in [0.05, 0.1) is 6.54 Å². The van der Waals surface area contributed by atoms with Crippen molar-refractivity contribution >= 4 is 47.4 Å². The zero-order chi connectivity index (χ0) is 20.4. The van der Waals surface area contributed by atoms with Crippen molar-refractivity contribution in [3.8, 4) is 5.75 Å². The van der Waals surface area contributed by atoms with Gasteiger partial charge in [-0.25, -0.2) is 0 Å². The number of aliphatic imine (C=N–C) groups is 1. The molecule has 0 heterocycles. The molecule has 29 heavy (non-hydrogen) atoms. The first-order valence-electron chi connectivity index (χ1n) is 9.20. The number of likely N-dealkylation sites (N-methyl/N-ethyl adjacent to an activating group) is 1. The van der Waals surface area contributed by atoms with Crippen LogP contribution in [0.2, 0.25) is 5.02 Å². The van der Waals surface area contributed by atoms with Gasteiger partial charge >= 0.3 is 0 Å². The number of carbonyl (C=O) groups is 1. The van der Waals surface area contributed by atoms with Gasteiger partial charge < -0.3 is 20.3 Å². The minimum absolute atomic E-state index is 0. The van der Waals surface area contributed by atoms with Gasteiger partial charge in [-0.2, -0.15) is 0 Å².